The molecule has 1 aliphatic heterocycles. The molecule has 1 saturated heterocycles. The van der Waals surface area contributed by atoms with Crippen molar-refractivity contribution in [2.24, 2.45) is 5.92 Å². The highest BCUT2D eigenvalue weighted by Crippen LogP contribution is 2.23. The summed E-state index contributed by atoms with van der Waals surface area (Å²) >= 11 is 0. The average Bonchev–Trinajstić information content (AvgIpc) is 3.10. The van der Waals surface area contributed by atoms with Crippen LogP contribution in [-0.2, 0) is 14.3 Å². The van der Waals surface area contributed by atoms with Crippen molar-refractivity contribution in [1.82, 2.24) is 10.6 Å². The summed E-state index contributed by atoms with van der Waals surface area (Å²) in [5.41, 5.74) is 6.82. The van der Waals surface area contributed by atoms with E-state index in [9.17, 15) is 14.4 Å². The first kappa shape index (κ1) is 20.4. The Kier molecular flexibility index (Phi) is 6.49. The molecule has 4 N–H and O–H groups in total. The van der Waals surface area contributed by atoms with Crippen LogP contribution in [0.4, 0.5) is 5.69 Å². The highest BCUT2D eigenvalue weighted by atomic mass is 16.5. The molecule has 0 radical (unpaired) electrons. The molecule has 0 aliphatic carbocycles. The van der Waals surface area contributed by atoms with Crippen LogP contribution in [0.1, 0.15) is 30.1 Å². The van der Waals surface area contributed by atoms with Crippen LogP contribution in [0.2, 0.25) is 0 Å². The lowest BCUT2D eigenvalue weighted by Crippen LogP contribution is -2.36. The Labute approximate surface area is 169 Å². The standard InChI is InChI=1S/C22H25N3O4/c1-2-29-20(26)8-7-17(11-16-9-10-24-21(16)27)25-22(28)18-12-14-5-3-4-6-15(14)13-19(18)23/h3-8,12-13,16-17H,2,9-11,23H2,1H3,(H,24,27)(H,25,28)/b8-7+. The van der Waals surface area contributed by atoms with Gasteiger partial charge in [-0.3, -0.25) is 9.59 Å². The van der Waals surface area contributed by atoms with Crippen molar-refractivity contribution >= 4 is 34.2 Å². The number of benzene rings is 2. The number of esters is 1. The average molecular weight is 395 g/mol. The number of nitrogens with one attached hydrogen (secondary N) is 2. The first-order valence-corrected chi connectivity index (χ1v) is 9.69. The van der Waals surface area contributed by atoms with Gasteiger partial charge in [0.15, 0.2) is 0 Å². The highest BCUT2D eigenvalue weighted by Gasteiger charge is 2.27. The van der Waals surface area contributed by atoms with E-state index in [1.807, 2.05) is 24.3 Å². The third-order valence-electron chi connectivity index (χ3n) is 4.93. The van der Waals surface area contributed by atoms with E-state index in [4.69, 9.17) is 10.5 Å². The molecule has 0 bridgehead atoms. The van der Waals surface area contributed by atoms with Crippen LogP contribution in [-0.4, -0.2) is 37.0 Å². The number of nitrogen functional groups attached to an aromatic ring is 1. The molecule has 2 unspecified atom stereocenters. The Bertz CT molecular complexity index is 954. The Balaban J connectivity index is 1.80. The number of fused-ring (bicyclic) bond motifs is 1. The lowest BCUT2D eigenvalue weighted by molar-refractivity contribution is -0.137. The van der Waals surface area contributed by atoms with E-state index in [1.165, 1.54) is 6.08 Å². The molecule has 0 saturated carbocycles. The second-order valence-corrected chi connectivity index (χ2v) is 6.99. The Morgan fingerprint density at radius 3 is 2.69 bits per heavy atom. The number of ether oxygens (including phenoxy) is 1. The monoisotopic (exact) mass is 395 g/mol. The molecule has 2 aromatic rings. The van der Waals surface area contributed by atoms with Gasteiger partial charge >= 0.3 is 5.97 Å². The molecule has 2 atom stereocenters. The van der Waals surface area contributed by atoms with Gasteiger partial charge < -0.3 is 21.1 Å². The fourth-order valence-electron chi connectivity index (χ4n) is 3.45. The zero-order valence-corrected chi connectivity index (χ0v) is 16.3. The lowest BCUT2D eigenvalue weighted by Gasteiger charge is -2.19. The quantitative estimate of drug-likeness (QED) is 0.378. The summed E-state index contributed by atoms with van der Waals surface area (Å²) in [7, 11) is 0. The summed E-state index contributed by atoms with van der Waals surface area (Å²) in [6.45, 7) is 2.60. The molecule has 152 valence electrons. The zero-order chi connectivity index (χ0) is 20.8. The van der Waals surface area contributed by atoms with Gasteiger partial charge in [-0.1, -0.05) is 30.3 Å². The maximum atomic E-state index is 12.9. The molecule has 1 fully saturated rings. The van der Waals surface area contributed by atoms with Crippen molar-refractivity contribution < 1.29 is 19.1 Å². The van der Waals surface area contributed by atoms with Crippen LogP contribution in [0.15, 0.2) is 48.6 Å². The van der Waals surface area contributed by atoms with Crippen LogP contribution in [0.5, 0.6) is 0 Å². The number of carbonyl (C=O) groups is 3. The first-order chi connectivity index (χ1) is 14.0. The molecule has 0 aromatic heterocycles. The van der Waals surface area contributed by atoms with E-state index in [1.54, 1.807) is 25.1 Å². The van der Waals surface area contributed by atoms with Crippen molar-refractivity contribution in [3.63, 3.8) is 0 Å². The van der Waals surface area contributed by atoms with E-state index in [-0.39, 0.29) is 24.3 Å². The van der Waals surface area contributed by atoms with Gasteiger partial charge in [-0.15, -0.1) is 0 Å². The van der Waals surface area contributed by atoms with Crippen LogP contribution >= 0.6 is 0 Å². The van der Waals surface area contributed by atoms with Gasteiger partial charge in [0.1, 0.15) is 0 Å². The SMILES string of the molecule is CCOC(=O)/C=C/C(CC1CCNC1=O)NC(=O)c1cc2ccccc2cc1N. The van der Waals surface area contributed by atoms with Gasteiger partial charge in [0.2, 0.25) is 5.91 Å². The maximum Gasteiger partial charge on any atom is 0.330 e. The number of rotatable bonds is 7. The molecule has 3 rings (SSSR count). The van der Waals surface area contributed by atoms with Crippen molar-refractivity contribution in [3.05, 3.63) is 54.1 Å². The van der Waals surface area contributed by atoms with Crippen molar-refractivity contribution in [3.8, 4) is 0 Å². The Morgan fingerprint density at radius 1 is 1.31 bits per heavy atom. The van der Waals surface area contributed by atoms with Crippen molar-refractivity contribution in [2.75, 3.05) is 18.9 Å². The van der Waals surface area contributed by atoms with Crippen molar-refractivity contribution in [1.29, 1.82) is 0 Å². The summed E-state index contributed by atoms with van der Waals surface area (Å²) in [4.78, 5) is 36.5. The number of anilines is 1. The number of carbonyl (C=O) groups excluding carboxylic acids is 3. The molecule has 1 heterocycles. The van der Waals surface area contributed by atoms with Gasteiger partial charge in [0, 0.05) is 30.3 Å². The van der Waals surface area contributed by atoms with E-state index in [0.29, 0.717) is 30.6 Å². The molecule has 7 nitrogen and oxygen atoms in total. The fraction of sp³-hybridized carbons (Fsp3) is 0.318. The highest BCUT2D eigenvalue weighted by molar-refractivity contribution is 6.04. The summed E-state index contributed by atoms with van der Waals surface area (Å²) in [6.07, 6.45) is 3.93. The van der Waals surface area contributed by atoms with E-state index < -0.39 is 12.0 Å². The van der Waals surface area contributed by atoms with Gasteiger partial charge in [-0.2, -0.15) is 0 Å². The second kappa shape index (κ2) is 9.23. The Hall–Kier alpha value is -3.35. The first-order valence-electron chi connectivity index (χ1n) is 9.69. The fourth-order valence-corrected chi connectivity index (χ4v) is 3.45. The topological polar surface area (TPSA) is 111 Å². The largest absolute Gasteiger partial charge is 0.463 e. The minimum atomic E-state index is -0.508. The summed E-state index contributed by atoms with van der Waals surface area (Å²) in [6, 6.07) is 10.6. The van der Waals surface area contributed by atoms with Crippen LogP contribution in [0.3, 0.4) is 0 Å². The molecule has 29 heavy (non-hydrogen) atoms. The third kappa shape index (κ3) is 5.13. The summed E-state index contributed by atoms with van der Waals surface area (Å²) < 4.78 is 4.90. The van der Waals surface area contributed by atoms with E-state index in [0.717, 1.165) is 10.8 Å². The molecule has 2 aromatic carbocycles. The number of amides is 2. The smallest absolute Gasteiger partial charge is 0.330 e. The van der Waals surface area contributed by atoms with Gasteiger partial charge in [-0.05, 0) is 42.7 Å². The molecule has 2 amide bonds. The van der Waals surface area contributed by atoms with Gasteiger partial charge in [0.05, 0.1) is 12.2 Å². The second-order valence-electron chi connectivity index (χ2n) is 6.99. The third-order valence-corrected chi connectivity index (χ3v) is 4.93. The predicted octanol–water partition coefficient (Wildman–Crippen LogP) is 2.17. The zero-order valence-electron chi connectivity index (χ0n) is 16.3. The Morgan fingerprint density at radius 2 is 2.03 bits per heavy atom. The molecule has 1 aliphatic rings. The van der Waals surface area contributed by atoms with E-state index in [2.05, 4.69) is 10.6 Å². The normalized spacial score (nSPS) is 17.3. The molecular formula is C22H25N3O4. The number of hydrogen-bond acceptors (Lipinski definition) is 5. The molecular weight excluding hydrogens is 370 g/mol. The lowest BCUT2D eigenvalue weighted by atomic mass is 9.97. The van der Waals surface area contributed by atoms with Crippen LogP contribution in [0.25, 0.3) is 10.8 Å². The van der Waals surface area contributed by atoms with Gasteiger partial charge in [-0.25, -0.2) is 4.79 Å². The maximum absolute atomic E-state index is 12.9. The van der Waals surface area contributed by atoms with Crippen LogP contribution < -0.4 is 16.4 Å². The van der Waals surface area contributed by atoms with Crippen molar-refractivity contribution in [2.45, 2.75) is 25.8 Å². The van der Waals surface area contributed by atoms with E-state index >= 15 is 0 Å². The molecule has 7 heteroatoms. The number of nitrogens with two attached hydrogens (primary N) is 1. The summed E-state index contributed by atoms with van der Waals surface area (Å²) in [5.74, 6) is -1.11. The predicted molar refractivity (Wildman–Crippen MR) is 111 cm³/mol. The minimum Gasteiger partial charge on any atom is -0.463 e. The minimum absolute atomic E-state index is 0.0426. The van der Waals surface area contributed by atoms with Gasteiger partial charge in [0.25, 0.3) is 5.91 Å². The van der Waals surface area contributed by atoms with Crippen LogP contribution in [0, 0.1) is 5.92 Å². The summed E-state index contributed by atoms with van der Waals surface area (Å²) in [5, 5.41) is 7.53. The number of hydrogen-bond donors (Lipinski definition) is 3. The molecule has 0 spiro atoms.